The number of esters is 1. The van der Waals surface area contributed by atoms with Crippen LogP contribution in [0, 0.1) is 10.1 Å². The highest BCUT2D eigenvalue weighted by molar-refractivity contribution is 5.89. The molecular formula is C14H13F3N2O6. The number of benzene rings is 1. The highest BCUT2D eigenvalue weighted by atomic mass is 19.4. The standard InChI is InChI=1S/C14H13F3N2O6/c1-7(2)11(12(20)24-3)25-13(21)18-10-5-4-8(19(22)23)6-9(10)14(15,16)17/h4-6,11H,1H2,2-3H3,(H,18,21). The number of nitrogens with zero attached hydrogens (tertiary/aromatic N) is 1. The highest BCUT2D eigenvalue weighted by Crippen LogP contribution is 2.37. The Morgan fingerprint density at radius 1 is 1.36 bits per heavy atom. The van der Waals surface area contributed by atoms with Crippen molar-refractivity contribution in [2.45, 2.75) is 19.2 Å². The lowest BCUT2D eigenvalue weighted by molar-refractivity contribution is -0.385. The number of halogens is 3. The van der Waals surface area contributed by atoms with E-state index in [2.05, 4.69) is 16.1 Å². The van der Waals surface area contributed by atoms with Crippen molar-refractivity contribution in [2.75, 3.05) is 12.4 Å². The number of carbonyl (C=O) groups excluding carboxylic acids is 2. The molecule has 0 spiro atoms. The second kappa shape index (κ2) is 7.64. The lowest BCUT2D eigenvalue weighted by Crippen LogP contribution is -2.31. The molecule has 11 heteroatoms. The number of nitrogens with one attached hydrogen (secondary N) is 1. The van der Waals surface area contributed by atoms with Crippen LogP contribution in [-0.4, -0.2) is 30.2 Å². The van der Waals surface area contributed by atoms with Crippen molar-refractivity contribution in [3.63, 3.8) is 0 Å². The van der Waals surface area contributed by atoms with Crippen molar-refractivity contribution < 1.29 is 37.2 Å². The predicted octanol–water partition coefficient (Wildman–Crippen LogP) is 3.28. The first kappa shape index (κ1) is 19.9. The van der Waals surface area contributed by atoms with Crippen molar-refractivity contribution in [3.05, 3.63) is 46.0 Å². The topological polar surface area (TPSA) is 108 Å². The molecular weight excluding hydrogens is 349 g/mol. The molecule has 0 aliphatic heterocycles. The normalized spacial score (nSPS) is 12.0. The smallest absolute Gasteiger partial charge is 0.418 e. The van der Waals surface area contributed by atoms with Gasteiger partial charge in [-0.3, -0.25) is 15.4 Å². The Hall–Kier alpha value is -3.11. The summed E-state index contributed by atoms with van der Waals surface area (Å²) >= 11 is 0. The summed E-state index contributed by atoms with van der Waals surface area (Å²) < 4.78 is 48.1. The van der Waals surface area contributed by atoms with Crippen LogP contribution in [0.4, 0.5) is 29.3 Å². The Labute approximate surface area is 139 Å². The number of carbonyl (C=O) groups is 2. The maximum Gasteiger partial charge on any atom is 0.418 e. The van der Waals surface area contributed by atoms with Crippen LogP contribution in [0.2, 0.25) is 0 Å². The molecule has 136 valence electrons. The molecule has 0 aliphatic rings. The molecule has 0 heterocycles. The quantitative estimate of drug-likeness (QED) is 0.373. The fourth-order valence-electron chi connectivity index (χ4n) is 1.69. The van der Waals surface area contributed by atoms with Gasteiger partial charge in [0, 0.05) is 12.1 Å². The first-order chi connectivity index (χ1) is 11.5. The van der Waals surface area contributed by atoms with Crippen LogP contribution in [0.25, 0.3) is 0 Å². The molecule has 0 aliphatic carbocycles. The number of non-ortho nitro benzene ring substituents is 1. The number of ether oxygens (including phenoxy) is 2. The number of anilines is 1. The summed E-state index contributed by atoms with van der Waals surface area (Å²) in [7, 11) is 1.03. The van der Waals surface area contributed by atoms with Gasteiger partial charge in [0.05, 0.1) is 23.3 Å². The molecule has 1 aromatic carbocycles. The van der Waals surface area contributed by atoms with Crippen molar-refractivity contribution >= 4 is 23.4 Å². The Bertz CT molecular complexity index is 717. The number of hydrogen-bond donors (Lipinski definition) is 1. The summed E-state index contributed by atoms with van der Waals surface area (Å²) in [5, 5.41) is 12.4. The lowest BCUT2D eigenvalue weighted by Gasteiger charge is -2.17. The van der Waals surface area contributed by atoms with Crippen LogP contribution >= 0.6 is 0 Å². The van der Waals surface area contributed by atoms with Crippen LogP contribution in [0.1, 0.15) is 12.5 Å². The van der Waals surface area contributed by atoms with Gasteiger partial charge in [-0.25, -0.2) is 9.59 Å². The minimum atomic E-state index is -4.97. The van der Waals surface area contributed by atoms with E-state index in [-0.39, 0.29) is 11.6 Å². The Balaban J connectivity index is 3.09. The van der Waals surface area contributed by atoms with E-state index in [1.807, 2.05) is 0 Å². The van der Waals surface area contributed by atoms with Crippen molar-refractivity contribution in [3.8, 4) is 0 Å². The van der Waals surface area contributed by atoms with E-state index in [4.69, 9.17) is 0 Å². The van der Waals surface area contributed by atoms with Gasteiger partial charge < -0.3 is 9.47 Å². The fraction of sp³-hybridized carbons (Fsp3) is 0.286. The van der Waals surface area contributed by atoms with E-state index in [1.165, 1.54) is 6.92 Å². The van der Waals surface area contributed by atoms with Gasteiger partial charge in [-0.15, -0.1) is 0 Å². The van der Waals surface area contributed by atoms with Crippen molar-refractivity contribution in [1.82, 2.24) is 0 Å². The minimum Gasteiger partial charge on any atom is -0.466 e. The zero-order valence-electron chi connectivity index (χ0n) is 13.0. The number of alkyl halides is 3. The molecule has 0 radical (unpaired) electrons. The van der Waals surface area contributed by atoms with Gasteiger partial charge in [-0.05, 0) is 18.6 Å². The first-order valence-corrected chi connectivity index (χ1v) is 6.54. The lowest BCUT2D eigenvalue weighted by atomic mass is 10.1. The second-order valence-corrected chi connectivity index (χ2v) is 4.76. The number of amides is 1. The third-order valence-corrected chi connectivity index (χ3v) is 2.84. The van der Waals surface area contributed by atoms with Gasteiger partial charge >= 0.3 is 18.2 Å². The van der Waals surface area contributed by atoms with E-state index in [1.54, 1.807) is 5.32 Å². The van der Waals surface area contributed by atoms with E-state index in [0.717, 1.165) is 13.2 Å². The summed E-state index contributed by atoms with van der Waals surface area (Å²) in [4.78, 5) is 32.8. The predicted molar refractivity (Wildman–Crippen MR) is 78.8 cm³/mol. The van der Waals surface area contributed by atoms with E-state index in [9.17, 15) is 32.9 Å². The highest BCUT2D eigenvalue weighted by Gasteiger charge is 2.36. The average molecular weight is 362 g/mol. The molecule has 1 atom stereocenters. The van der Waals surface area contributed by atoms with E-state index >= 15 is 0 Å². The molecule has 0 bridgehead atoms. The Morgan fingerprint density at radius 2 is 1.96 bits per heavy atom. The molecule has 1 aromatic rings. The molecule has 0 fully saturated rings. The Morgan fingerprint density at radius 3 is 2.40 bits per heavy atom. The number of rotatable bonds is 5. The number of methoxy groups -OCH3 is 1. The molecule has 1 rings (SSSR count). The van der Waals surface area contributed by atoms with Gasteiger partial charge in [0.1, 0.15) is 0 Å². The maximum absolute atomic E-state index is 13.0. The number of hydrogen-bond acceptors (Lipinski definition) is 6. The number of nitro benzene ring substituents is 1. The van der Waals surface area contributed by atoms with E-state index in [0.29, 0.717) is 6.07 Å². The second-order valence-electron chi connectivity index (χ2n) is 4.76. The third-order valence-electron chi connectivity index (χ3n) is 2.84. The molecule has 0 saturated carbocycles. The molecule has 0 saturated heterocycles. The van der Waals surface area contributed by atoms with Crippen LogP contribution in [-0.2, 0) is 20.4 Å². The zero-order chi connectivity index (χ0) is 19.4. The zero-order valence-corrected chi connectivity index (χ0v) is 13.0. The van der Waals surface area contributed by atoms with Gasteiger partial charge in [0.15, 0.2) is 0 Å². The van der Waals surface area contributed by atoms with Gasteiger partial charge in [0.2, 0.25) is 6.10 Å². The van der Waals surface area contributed by atoms with Crippen LogP contribution in [0.5, 0.6) is 0 Å². The monoisotopic (exact) mass is 362 g/mol. The van der Waals surface area contributed by atoms with Crippen LogP contribution in [0.3, 0.4) is 0 Å². The first-order valence-electron chi connectivity index (χ1n) is 6.54. The van der Waals surface area contributed by atoms with Gasteiger partial charge in [-0.2, -0.15) is 13.2 Å². The average Bonchev–Trinajstić information content (AvgIpc) is 2.50. The maximum atomic E-state index is 13.0. The van der Waals surface area contributed by atoms with Crippen LogP contribution in [0.15, 0.2) is 30.4 Å². The van der Waals surface area contributed by atoms with E-state index < -0.39 is 46.2 Å². The minimum absolute atomic E-state index is 0.0849. The van der Waals surface area contributed by atoms with Crippen molar-refractivity contribution in [2.24, 2.45) is 0 Å². The molecule has 25 heavy (non-hydrogen) atoms. The molecule has 1 amide bonds. The number of nitro groups is 1. The molecule has 0 aromatic heterocycles. The fourth-order valence-corrected chi connectivity index (χ4v) is 1.69. The molecule has 8 nitrogen and oxygen atoms in total. The van der Waals surface area contributed by atoms with Gasteiger partial charge in [0.25, 0.3) is 5.69 Å². The molecule has 1 unspecified atom stereocenters. The van der Waals surface area contributed by atoms with Gasteiger partial charge in [-0.1, -0.05) is 6.58 Å². The summed E-state index contributed by atoms with van der Waals surface area (Å²) in [6.45, 7) is 4.76. The van der Waals surface area contributed by atoms with Crippen LogP contribution < -0.4 is 5.32 Å². The Kier molecular flexibility index (Phi) is 6.09. The summed E-state index contributed by atoms with van der Waals surface area (Å²) in [6.07, 6.45) is -7.87. The summed E-state index contributed by atoms with van der Waals surface area (Å²) in [5.41, 5.74) is -2.93. The van der Waals surface area contributed by atoms with Crippen molar-refractivity contribution in [1.29, 1.82) is 0 Å². The summed E-state index contributed by atoms with van der Waals surface area (Å²) in [5.74, 6) is -0.970. The third kappa shape index (κ3) is 5.19. The summed E-state index contributed by atoms with van der Waals surface area (Å²) in [6, 6.07) is 1.75. The molecule has 1 N–H and O–H groups in total. The SMILES string of the molecule is C=C(C)C(OC(=O)Nc1ccc([N+](=O)[O-])cc1C(F)(F)F)C(=O)OC. The largest absolute Gasteiger partial charge is 0.466 e.